The quantitative estimate of drug-likeness (QED) is 0.532. The second-order valence-corrected chi connectivity index (χ2v) is 8.25. The Kier molecular flexibility index (Phi) is 7.94. The van der Waals surface area contributed by atoms with Crippen molar-refractivity contribution >= 4 is 69.5 Å². The molecule has 2 aromatic carbocycles. The van der Waals surface area contributed by atoms with Crippen molar-refractivity contribution in [2.45, 2.75) is 10.9 Å². The predicted octanol–water partition coefficient (Wildman–Crippen LogP) is 4.33. The van der Waals surface area contributed by atoms with E-state index in [2.05, 4.69) is 0 Å². The molecule has 0 heterocycles. The molecule has 150 valence electrons. The van der Waals surface area contributed by atoms with Crippen LogP contribution in [0.4, 0.5) is 0 Å². The molecule has 0 saturated carbocycles. The Bertz CT molecular complexity index is 824. The lowest BCUT2D eigenvalue weighted by Crippen LogP contribution is -2.47. The van der Waals surface area contributed by atoms with Crippen molar-refractivity contribution < 1.29 is 33.8 Å². The van der Waals surface area contributed by atoms with Crippen LogP contribution in [0.5, 0.6) is 11.5 Å². The van der Waals surface area contributed by atoms with E-state index in [0.29, 0.717) is 0 Å². The third-order valence-electron chi connectivity index (χ3n) is 3.08. The van der Waals surface area contributed by atoms with E-state index in [1.807, 2.05) is 0 Å². The molecule has 0 aliphatic heterocycles. The highest BCUT2D eigenvalue weighted by Crippen LogP contribution is 2.32. The van der Waals surface area contributed by atoms with Crippen LogP contribution in [-0.4, -0.2) is 37.6 Å². The van der Waals surface area contributed by atoms with Gasteiger partial charge in [-0.3, -0.25) is 0 Å². The van der Waals surface area contributed by atoms with Crippen LogP contribution in [-0.2, 0) is 20.8 Å². The third-order valence-corrected chi connectivity index (χ3v) is 5.58. The minimum atomic E-state index is -2.71. The van der Waals surface area contributed by atoms with Gasteiger partial charge in [-0.05, 0) is 36.4 Å². The summed E-state index contributed by atoms with van der Waals surface area (Å²) in [5, 5.41) is 19.1. The van der Waals surface area contributed by atoms with Crippen LogP contribution in [0.3, 0.4) is 0 Å². The molecule has 7 nitrogen and oxygen atoms in total. The monoisotopic (exact) mass is 486 g/mol. The Morgan fingerprint density at radius 1 is 0.821 bits per heavy atom. The van der Waals surface area contributed by atoms with Crippen molar-refractivity contribution in [2.24, 2.45) is 0 Å². The average molecular weight is 488 g/mol. The number of carbonyl (C=O) groups is 2. The smallest absolute Gasteiger partial charge is 0.399 e. The maximum absolute atomic E-state index is 12.7. The van der Waals surface area contributed by atoms with Crippen LogP contribution >= 0.6 is 46.4 Å². The predicted molar refractivity (Wildman–Crippen MR) is 105 cm³/mol. The van der Waals surface area contributed by atoms with Gasteiger partial charge in [0.2, 0.25) is 0 Å². The van der Waals surface area contributed by atoms with Gasteiger partial charge in [0, 0.05) is 10.0 Å². The molecule has 0 saturated heterocycles. The van der Waals surface area contributed by atoms with Gasteiger partial charge in [0.1, 0.15) is 11.5 Å². The second kappa shape index (κ2) is 9.78. The number of hydrogen-bond donors (Lipinski definition) is 2. The van der Waals surface area contributed by atoms with Crippen molar-refractivity contribution in [3.8, 4) is 11.5 Å². The molecule has 0 aliphatic rings. The van der Waals surface area contributed by atoms with E-state index in [1.54, 1.807) is 0 Å². The molecule has 2 atom stereocenters. The fourth-order valence-electron chi connectivity index (χ4n) is 1.88. The van der Waals surface area contributed by atoms with Crippen molar-refractivity contribution in [3.05, 3.63) is 56.5 Å². The maximum Gasteiger partial charge on any atom is 0.399 e. The standard InChI is InChI=1S/C16H10Cl4O7S/c17-7-1-3-11(9(19)5-7)26-15(13(21)22)28(25)16(14(23)24)27-12-4-2-8(18)6-10(12)20/h1-6,15-16H,(H,21,22)(H,23,24). The molecule has 12 heteroatoms. The fraction of sp³-hybridized carbons (Fsp3) is 0.125. The van der Waals surface area contributed by atoms with E-state index in [0.717, 1.165) is 0 Å². The van der Waals surface area contributed by atoms with Gasteiger partial charge in [0.05, 0.1) is 21.2 Å². The SMILES string of the molecule is O=C(O)C(Oc1ccc(Cl)cc1Cl)[S+]([O-])C(Oc1ccc(Cl)cc1Cl)C(=O)O. The summed E-state index contributed by atoms with van der Waals surface area (Å²) < 4.78 is 23.0. The van der Waals surface area contributed by atoms with E-state index < -0.39 is 34.0 Å². The molecule has 2 aromatic rings. The van der Waals surface area contributed by atoms with Gasteiger partial charge in [-0.2, -0.15) is 0 Å². The summed E-state index contributed by atoms with van der Waals surface area (Å²) in [6.07, 6.45) is 0. The average Bonchev–Trinajstić information content (AvgIpc) is 2.59. The first-order valence-corrected chi connectivity index (χ1v) is 9.97. The molecule has 28 heavy (non-hydrogen) atoms. The topological polar surface area (TPSA) is 116 Å². The highest BCUT2D eigenvalue weighted by molar-refractivity contribution is 7.93. The molecular weight excluding hydrogens is 478 g/mol. The fourth-order valence-corrected chi connectivity index (χ4v) is 3.80. The van der Waals surface area contributed by atoms with Crippen LogP contribution in [0.2, 0.25) is 20.1 Å². The lowest BCUT2D eigenvalue weighted by Gasteiger charge is -2.24. The molecule has 0 aromatic heterocycles. The number of hydrogen-bond acceptors (Lipinski definition) is 5. The third kappa shape index (κ3) is 5.73. The van der Waals surface area contributed by atoms with Crippen molar-refractivity contribution in [1.29, 1.82) is 0 Å². The first kappa shape index (κ1) is 22.7. The molecule has 0 spiro atoms. The first-order chi connectivity index (χ1) is 13.1. The van der Waals surface area contributed by atoms with Crippen LogP contribution in [0, 0.1) is 0 Å². The summed E-state index contributed by atoms with van der Waals surface area (Å²) in [6, 6.07) is 7.79. The molecule has 2 N–H and O–H groups in total. The Morgan fingerprint density at radius 3 is 1.46 bits per heavy atom. The van der Waals surface area contributed by atoms with Crippen LogP contribution in [0.15, 0.2) is 36.4 Å². The molecule has 0 radical (unpaired) electrons. The highest BCUT2D eigenvalue weighted by atomic mass is 35.5. The summed E-state index contributed by atoms with van der Waals surface area (Å²) in [5.41, 5.74) is -4.21. The lowest BCUT2D eigenvalue weighted by atomic mass is 10.3. The summed E-state index contributed by atoms with van der Waals surface area (Å²) in [7, 11) is 0. The molecule has 2 unspecified atom stereocenters. The maximum atomic E-state index is 12.7. The van der Waals surface area contributed by atoms with Crippen molar-refractivity contribution in [3.63, 3.8) is 0 Å². The lowest BCUT2D eigenvalue weighted by molar-refractivity contribution is -0.142. The normalized spacial score (nSPS) is 14.0. The Balaban J connectivity index is 2.30. The van der Waals surface area contributed by atoms with Gasteiger partial charge < -0.3 is 24.2 Å². The van der Waals surface area contributed by atoms with Crippen LogP contribution < -0.4 is 9.47 Å². The zero-order chi connectivity index (χ0) is 21.0. The van der Waals surface area contributed by atoms with E-state index in [9.17, 15) is 24.4 Å². The van der Waals surface area contributed by atoms with E-state index in [-0.39, 0.29) is 31.6 Å². The van der Waals surface area contributed by atoms with Gasteiger partial charge in [0.15, 0.2) is 0 Å². The minimum Gasteiger partial charge on any atom is -0.610 e. The van der Waals surface area contributed by atoms with E-state index in [1.165, 1.54) is 36.4 Å². The molecule has 0 fully saturated rings. The van der Waals surface area contributed by atoms with Gasteiger partial charge in [-0.1, -0.05) is 46.4 Å². The number of rotatable bonds is 8. The Morgan fingerprint density at radius 2 is 1.18 bits per heavy atom. The van der Waals surface area contributed by atoms with Crippen molar-refractivity contribution in [1.82, 2.24) is 0 Å². The Labute approximate surface area is 181 Å². The summed E-state index contributed by atoms with van der Waals surface area (Å²) in [5.74, 6) is -3.69. The minimum absolute atomic E-state index is 0.0516. The van der Waals surface area contributed by atoms with E-state index in [4.69, 9.17) is 55.9 Å². The molecule has 0 bridgehead atoms. The van der Waals surface area contributed by atoms with Crippen LogP contribution in [0.25, 0.3) is 0 Å². The number of halogens is 4. The number of carboxylic acids is 2. The number of benzene rings is 2. The van der Waals surface area contributed by atoms with Gasteiger partial charge in [-0.15, -0.1) is 0 Å². The summed E-state index contributed by atoms with van der Waals surface area (Å²) in [4.78, 5) is 23.1. The van der Waals surface area contributed by atoms with Gasteiger partial charge in [0.25, 0.3) is 0 Å². The van der Waals surface area contributed by atoms with Gasteiger partial charge >= 0.3 is 22.8 Å². The molecular formula is C16H10Cl4O7S. The number of aliphatic carboxylic acids is 2. The Hall–Kier alpha value is -1.55. The van der Waals surface area contributed by atoms with Gasteiger partial charge in [-0.25, -0.2) is 9.59 Å². The summed E-state index contributed by atoms with van der Waals surface area (Å²) >= 11 is 20.6. The number of carboxylic acid groups (broad SMARTS) is 2. The zero-order valence-electron chi connectivity index (χ0n) is 13.5. The summed E-state index contributed by atoms with van der Waals surface area (Å²) in [6.45, 7) is 0. The molecule has 2 rings (SSSR count). The zero-order valence-corrected chi connectivity index (χ0v) is 17.3. The number of ether oxygens (including phenoxy) is 2. The van der Waals surface area contributed by atoms with E-state index >= 15 is 0 Å². The van der Waals surface area contributed by atoms with Crippen molar-refractivity contribution in [2.75, 3.05) is 0 Å². The molecule has 0 amide bonds. The molecule has 0 aliphatic carbocycles. The second-order valence-electron chi connectivity index (χ2n) is 5.05. The largest absolute Gasteiger partial charge is 0.610 e. The first-order valence-electron chi connectivity index (χ1n) is 7.18. The highest BCUT2D eigenvalue weighted by Gasteiger charge is 2.45. The van der Waals surface area contributed by atoms with Crippen LogP contribution in [0.1, 0.15) is 0 Å².